The van der Waals surface area contributed by atoms with Gasteiger partial charge in [0.05, 0.1) is 11.3 Å². The van der Waals surface area contributed by atoms with Gasteiger partial charge in [-0.05, 0) is 48.9 Å². The molecule has 0 bridgehead atoms. The van der Waals surface area contributed by atoms with E-state index < -0.39 is 24.5 Å². The Hall–Kier alpha value is -3.35. The predicted octanol–water partition coefficient (Wildman–Crippen LogP) is 5.26. The van der Waals surface area contributed by atoms with Crippen LogP contribution in [0.25, 0.3) is 0 Å². The van der Waals surface area contributed by atoms with Crippen molar-refractivity contribution < 1.29 is 19.1 Å². The number of anilines is 2. The number of urea groups is 1. The fourth-order valence-electron chi connectivity index (χ4n) is 3.27. The van der Waals surface area contributed by atoms with Crippen LogP contribution in [0.4, 0.5) is 16.2 Å². The summed E-state index contributed by atoms with van der Waals surface area (Å²) in [6, 6.07) is 12.0. The Labute approximate surface area is 189 Å². The molecular weight excluding hydrogens is 406 g/mol. The van der Waals surface area contributed by atoms with E-state index in [4.69, 9.17) is 4.74 Å². The van der Waals surface area contributed by atoms with Crippen LogP contribution >= 0.6 is 0 Å². The van der Waals surface area contributed by atoms with Crippen molar-refractivity contribution in [1.29, 1.82) is 0 Å². The summed E-state index contributed by atoms with van der Waals surface area (Å²) < 4.78 is 5.24. The first-order valence-corrected chi connectivity index (χ1v) is 10.9. The molecule has 0 atom stereocenters. The third-order valence-corrected chi connectivity index (χ3v) is 4.79. The monoisotopic (exact) mass is 439 g/mol. The average Bonchev–Trinajstić information content (AvgIpc) is 2.71. The Morgan fingerprint density at radius 1 is 0.812 bits per heavy atom. The zero-order valence-corrected chi connectivity index (χ0v) is 19.6. The van der Waals surface area contributed by atoms with Gasteiger partial charge in [0.15, 0.2) is 6.61 Å². The Balaban J connectivity index is 2.09. The molecule has 0 aromatic heterocycles. The maximum absolute atomic E-state index is 12.6. The number of nitrogens with one attached hydrogen (secondary N) is 3. The standard InChI is InChI=1S/C25H33N3O4/c1-15(2)18-11-9-12-19(16(3)4)23(18)28-22(29)14-32-24(30)20-10-7-8-13-21(20)27-25(31)26-17(5)6/h7-13,15-17H,14H2,1-6H3,(H,28,29)(H2,26,27,31). The maximum Gasteiger partial charge on any atom is 0.340 e. The molecule has 0 aliphatic rings. The number of esters is 1. The van der Waals surface area contributed by atoms with Gasteiger partial charge in [0.2, 0.25) is 0 Å². The van der Waals surface area contributed by atoms with E-state index in [1.54, 1.807) is 18.2 Å². The summed E-state index contributed by atoms with van der Waals surface area (Å²) in [6.45, 7) is 11.5. The van der Waals surface area contributed by atoms with Gasteiger partial charge < -0.3 is 20.7 Å². The SMILES string of the molecule is CC(C)NC(=O)Nc1ccccc1C(=O)OCC(=O)Nc1c(C(C)C)cccc1C(C)C. The molecule has 0 aliphatic carbocycles. The molecule has 0 aliphatic heterocycles. The summed E-state index contributed by atoms with van der Waals surface area (Å²) in [4.78, 5) is 37.2. The van der Waals surface area contributed by atoms with E-state index >= 15 is 0 Å². The Kier molecular flexibility index (Phi) is 8.81. The lowest BCUT2D eigenvalue weighted by Crippen LogP contribution is -2.34. The zero-order chi connectivity index (χ0) is 23.8. The molecule has 32 heavy (non-hydrogen) atoms. The van der Waals surface area contributed by atoms with E-state index in [1.807, 2.05) is 32.0 Å². The predicted molar refractivity (Wildman–Crippen MR) is 127 cm³/mol. The van der Waals surface area contributed by atoms with E-state index in [9.17, 15) is 14.4 Å². The highest BCUT2D eigenvalue weighted by molar-refractivity contribution is 6.02. The number of carbonyl (C=O) groups is 3. The normalized spacial score (nSPS) is 10.9. The van der Waals surface area contributed by atoms with Crippen LogP contribution in [-0.4, -0.2) is 30.6 Å². The van der Waals surface area contributed by atoms with Gasteiger partial charge in [0.1, 0.15) is 0 Å². The molecule has 172 valence electrons. The van der Waals surface area contributed by atoms with Crippen molar-refractivity contribution in [2.45, 2.75) is 59.4 Å². The maximum atomic E-state index is 12.6. The number of hydrogen-bond acceptors (Lipinski definition) is 4. The lowest BCUT2D eigenvalue weighted by atomic mass is 9.92. The van der Waals surface area contributed by atoms with Gasteiger partial charge in [-0.3, -0.25) is 4.79 Å². The first-order chi connectivity index (χ1) is 15.1. The van der Waals surface area contributed by atoms with Crippen LogP contribution in [0, 0.1) is 0 Å². The number of rotatable bonds is 8. The molecule has 0 fully saturated rings. The van der Waals surface area contributed by atoms with E-state index in [0.717, 1.165) is 16.8 Å². The van der Waals surface area contributed by atoms with Crippen LogP contribution in [0.5, 0.6) is 0 Å². The summed E-state index contributed by atoms with van der Waals surface area (Å²) in [7, 11) is 0. The van der Waals surface area contributed by atoms with Crippen molar-refractivity contribution in [2.24, 2.45) is 0 Å². The van der Waals surface area contributed by atoms with Crippen LogP contribution < -0.4 is 16.0 Å². The lowest BCUT2D eigenvalue weighted by molar-refractivity contribution is -0.119. The number of benzene rings is 2. The van der Waals surface area contributed by atoms with E-state index in [0.29, 0.717) is 5.69 Å². The molecule has 0 radical (unpaired) electrons. The fraction of sp³-hybridized carbons (Fsp3) is 0.400. The van der Waals surface area contributed by atoms with Crippen LogP contribution in [0.1, 0.15) is 74.9 Å². The van der Waals surface area contributed by atoms with Crippen molar-refractivity contribution in [3.8, 4) is 0 Å². The zero-order valence-electron chi connectivity index (χ0n) is 19.6. The minimum atomic E-state index is -0.693. The molecule has 2 aromatic rings. The fourth-order valence-corrected chi connectivity index (χ4v) is 3.27. The molecule has 0 unspecified atom stereocenters. The summed E-state index contributed by atoms with van der Waals surface area (Å²) in [5.74, 6) is -0.666. The van der Waals surface area contributed by atoms with E-state index in [-0.39, 0.29) is 23.4 Å². The van der Waals surface area contributed by atoms with Gasteiger partial charge in [-0.15, -0.1) is 0 Å². The molecule has 2 aromatic carbocycles. The van der Waals surface area contributed by atoms with Crippen molar-refractivity contribution in [3.63, 3.8) is 0 Å². The first-order valence-electron chi connectivity index (χ1n) is 10.9. The van der Waals surface area contributed by atoms with Crippen LogP contribution in [0.3, 0.4) is 0 Å². The second kappa shape index (κ2) is 11.3. The molecule has 0 saturated heterocycles. The second-order valence-electron chi connectivity index (χ2n) is 8.54. The summed E-state index contributed by atoms with van der Waals surface area (Å²) in [6.07, 6.45) is 0. The highest BCUT2D eigenvalue weighted by atomic mass is 16.5. The van der Waals surface area contributed by atoms with E-state index in [1.165, 1.54) is 6.07 Å². The number of ether oxygens (including phenoxy) is 1. The molecule has 3 N–H and O–H groups in total. The highest BCUT2D eigenvalue weighted by Crippen LogP contribution is 2.32. The van der Waals surface area contributed by atoms with Gasteiger partial charge in [-0.2, -0.15) is 0 Å². The summed E-state index contributed by atoms with van der Waals surface area (Å²) in [5.41, 5.74) is 3.31. The number of para-hydroxylation sites is 2. The van der Waals surface area contributed by atoms with Crippen molar-refractivity contribution in [2.75, 3.05) is 17.2 Å². The van der Waals surface area contributed by atoms with Gasteiger partial charge >= 0.3 is 12.0 Å². The molecule has 7 heteroatoms. The Bertz CT molecular complexity index is 941. The van der Waals surface area contributed by atoms with Crippen molar-refractivity contribution in [1.82, 2.24) is 5.32 Å². The largest absolute Gasteiger partial charge is 0.452 e. The molecule has 0 heterocycles. The van der Waals surface area contributed by atoms with Crippen molar-refractivity contribution in [3.05, 3.63) is 59.2 Å². The van der Waals surface area contributed by atoms with Crippen molar-refractivity contribution >= 4 is 29.3 Å². The topological polar surface area (TPSA) is 96.5 Å². The van der Waals surface area contributed by atoms with E-state index in [2.05, 4.69) is 43.6 Å². The van der Waals surface area contributed by atoms with Gasteiger partial charge in [0, 0.05) is 11.7 Å². The van der Waals surface area contributed by atoms with Gasteiger partial charge in [0.25, 0.3) is 5.91 Å². The lowest BCUT2D eigenvalue weighted by Gasteiger charge is -2.20. The minimum absolute atomic E-state index is 0.0535. The minimum Gasteiger partial charge on any atom is -0.452 e. The molecule has 2 rings (SSSR count). The Morgan fingerprint density at radius 3 is 1.97 bits per heavy atom. The Morgan fingerprint density at radius 2 is 1.41 bits per heavy atom. The molecule has 7 nitrogen and oxygen atoms in total. The van der Waals surface area contributed by atoms with Gasteiger partial charge in [-0.1, -0.05) is 58.0 Å². The quantitative estimate of drug-likeness (QED) is 0.489. The second-order valence-corrected chi connectivity index (χ2v) is 8.54. The third kappa shape index (κ3) is 6.83. The third-order valence-electron chi connectivity index (χ3n) is 4.79. The number of carbonyl (C=O) groups excluding carboxylic acids is 3. The van der Waals surface area contributed by atoms with Crippen LogP contribution in [0.2, 0.25) is 0 Å². The van der Waals surface area contributed by atoms with Gasteiger partial charge in [-0.25, -0.2) is 9.59 Å². The first kappa shape index (κ1) is 24.9. The summed E-state index contributed by atoms with van der Waals surface area (Å²) in [5, 5.41) is 8.26. The summed E-state index contributed by atoms with van der Waals surface area (Å²) >= 11 is 0. The van der Waals surface area contributed by atoms with Crippen LogP contribution in [0.15, 0.2) is 42.5 Å². The molecule has 3 amide bonds. The molecule has 0 spiro atoms. The smallest absolute Gasteiger partial charge is 0.340 e. The highest BCUT2D eigenvalue weighted by Gasteiger charge is 2.19. The van der Waals surface area contributed by atoms with Crippen LogP contribution in [-0.2, 0) is 9.53 Å². The number of hydrogen-bond donors (Lipinski definition) is 3. The molecular formula is C25H33N3O4. The number of amides is 3. The molecule has 0 saturated carbocycles. The average molecular weight is 440 g/mol.